The van der Waals surface area contributed by atoms with E-state index >= 15 is 0 Å². The highest BCUT2D eigenvalue weighted by atomic mass is 31.1. The predicted molar refractivity (Wildman–Crippen MR) is 79.6 cm³/mol. The lowest BCUT2D eigenvalue weighted by molar-refractivity contribution is 0.542. The molecule has 0 spiro atoms. The van der Waals surface area contributed by atoms with Crippen LogP contribution in [0.1, 0.15) is 90.4 Å². The molecule has 1 atom stereocenters. The van der Waals surface area contributed by atoms with Crippen LogP contribution in [0.4, 0.5) is 0 Å². The van der Waals surface area contributed by atoms with Crippen LogP contribution in [-0.2, 0) is 4.57 Å². The Kier molecular flexibility index (Phi) is 16.2. The van der Waals surface area contributed by atoms with Gasteiger partial charge in [0.15, 0.2) is 0 Å². The molecule has 1 unspecified atom stereocenters. The van der Waals surface area contributed by atoms with Crippen LogP contribution in [0, 0.1) is 0 Å². The molecule has 0 N–H and O–H groups in total. The van der Waals surface area contributed by atoms with E-state index in [1.54, 1.807) is 0 Å². The van der Waals surface area contributed by atoms with Crippen LogP contribution in [0.25, 0.3) is 0 Å². The molecule has 0 fully saturated rings. The van der Waals surface area contributed by atoms with Crippen LogP contribution in [0.3, 0.4) is 0 Å². The summed E-state index contributed by atoms with van der Waals surface area (Å²) >= 11 is 0. The van der Waals surface area contributed by atoms with Gasteiger partial charge in [0.2, 0.25) is 0 Å². The zero-order valence-corrected chi connectivity index (χ0v) is 12.8. The Labute approximate surface area is 110 Å². The van der Waals surface area contributed by atoms with Gasteiger partial charge < -0.3 is 0 Å². The second kappa shape index (κ2) is 16.1. The van der Waals surface area contributed by atoms with E-state index in [-0.39, 0.29) is 8.46 Å². The quantitative estimate of drug-likeness (QED) is 0.272. The number of rotatable bonds is 14. The number of hydrogen-bond acceptors (Lipinski definition) is 1. The fourth-order valence-corrected chi connectivity index (χ4v) is 2.61. The summed E-state index contributed by atoms with van der Waals surface area (Å²) in [7, 11) is -0.0808. The van der Waals surface area contributed by atoms with Gasteiger partial charge in [-0.2, -0.15) is 0 Å². The standard InChI is InChI=1S/C15H31OP/c1-2-3-4-5-6-7-8-9-10-11-12-13-14-15-17-16/h2-15H2,1H3/p+1. The van der Waals surface area contributed by atoms with Crippen molar-refractivity contribution in [1.82, 2.24) is 0 Å². The van der Waals surface area contributed by atoms with Crippen LogP contribution >= 0.6 is 8.46 Å². The normalized spacial score (nSPS) is 11.1. The van der Waals surface area contributed by atoms with E-state index in [0.29, 0.717) is 0 Å². The Hall–Kier alpha value is 0.100. The van der Waals surface area contributed by atoms with Crippen molar-refractivity contribution in [3.05, 3.63) is 0 Å². The van der Waals surface area contributed by atoms with Crippen LogP contribution in [0.2, 0.25) is 0 Å². The SMILES string of the molecule is CCCCCCCCCCCCCCC[PH+]=O. The predicted octanol–water partition coefficient (Wildman–Crippen LogP) is 6.10. The third kappa shape index (κ3) is 16.1. The molecule has 17 heavy (non-hydrogen) atoms. The van der Waals surface area contributed by atoms with Crippen molar-refractivity contribution < 1.29 is 4.57 Å². The first-order chi connectivity index (χ1) is 8.41. The molecule has 2 heteroatoms. The zero-order valence-electron chi connectivity index (χ0n) is 11.8. The molecule has 0 aromatic carbocycles. The molecule has 0 amide bonds. The summed E-state index contributed by atoms with van der Waals surface area (Å²) in [5, 5.41) is 0. The minimum Gasteiger partial charge on any atom is -0.0775 e. The smallest absolute Gasteiger partial charge is 0.0775 e. The molecule has 0 aromatic heterocycles. The highest BCUT2D eigenvalue weighted by Gasteiger charge is 1.95. The Balaban J connectivity index is 2.87. The average Bonchev–Trinajstić information content (AvgIpc) is 2.35. The van der Waals surface area contributed by atoms with Gasteiger partial charge in [-0.1, -0.05) is 82.1 Å². The van der Waals surface area contributed by atoms with E-state index in [2.05, 4.69) is 6.92 Å². The molecular formula is C15H32OP+. The molecule has 0 aromatic rings. The number of unbranched alkanes of at least 4 members (excludes halogenated alkanes) is 12. The van der Waals surface area contributed by atoms with Gasteiger partial charge in [0.1, 0.15) is 6.16 Å². The zero-order chi connectivity index (χ0) is 12.6. The second-order valence-corrected chi connectivity index (χ2v) is 5.93. The lowest BCUT2D eigenvalue weighted by Gasteiger charge is -2.01. The van der Waals surface area contributed by atoms with Crippen molar-refractivity contribution in [3.63, 3.8) is 0 Å². The lowest BCUT2D eigenvalue weighted by Crippen LogP contribution is -1.83. The third-order valence-electron chi connectivity index (χ3n) is 3.38. The first-order valence-corrected chi connectivity index (χ1v) is 8.88. The lowest BCUT2D eigenvalue weighted by atomic mass is 10.1. The molecule has 0 aliphatic rings. The molecule has 0 saturated heterocycles. The van der Waals surface area contributed by atoms with E-state index in [1.807, 2.05) is 0 Å². The first kappa shape index (κ1) is 17.1. The second-order valence-electron chi connectivity index (χ2n) is 5.14. The minimum absolute atomic E-state index is 0.0808. The first-order valence-electron chi connectivity index (χ1n) is 7.76. The molecule has 0 radical (unpaired) electrons. The molecule has 0 heterocycles. The van der Waals surface area contributed by atoms with Crippen molar-refractivity contribution in [3.8, 4) is 0 Å². The summed E-state index contributed by atoms with van der Waals surface area (Å²) in [4.78, 5) is 0. The summed E-state index contributed by atoms with van der Waals surface area (Å²) in [5.41, 5.74) is 0. The van der Waals surface area contributed by atoms with Crippen molar-refractivity contribution in [2.24, 2.45) is 0 Å². The summed E-state index contributed by atoms with van der Waals surface area (Å²) in [5.74, 6) is 0. The summed E-state index contributed by atoms with van der Waals surface area (Å²) in [6, 6.07) is 0. The van der Waals surface area contributed by atoms with Crippen LogP contribution < -0.4 is 0 Å². The third-order valence-corrected chi connectivity index (χ3v) is 3.94. The van der Waals surface area contributed by atoms with Gasteiger partial charge in [-0.15, -0.1) is 0 Å². The van der Waals surface area contributed by atoms with Crippen molar-refractivity contribution in [2.75, 3.05) is 6.16 Å². The van der Waals surface area contributed by atoms with Crippen LogP contribution in [0.5, 0.6) is 0 Å². The number of hydrogen-bond donors (Lipinski definition) is 0. The maximum absolute atomic E-state index is 10.3. The van der Waals surface area contributed by atoms with Crippen LogP contribution in [-0.4, -0.2) is 6.16 Å². The topological polar surface area (TPSA) is 17.1 Å². The van der Waals surface area contributed by atoms with Crippen LogP contribution in [0.15, 0.2) is 0 Å². The van der Waals surface area contributed by atoms with Gasteiger partial charge >= 0.3 is 8.46 Å². The van der Waals surface area contributed by atoms with Gasteiger partial charge in [0.25, 0.3) is 0 Å². The molecule has 1 nitrogen and oxygen atoms in total. The highest BCUT2D eigenvalue weighted by Crippen LogP contribution is 2.12. The minimum atomic E-state index is -0.0808. The maximum atomic E-state index is 10.3. The molecule has 0 bridgehead atoms. The fourth-order valence-electron chi connectivity index (χ4n) is 2.21. The molecule has 0 saturated carbocycles. The largest absolute Gasteiger partial charge is 0.324 e. The maximum Gasteiger partial charge on any atom is 0.324 e. The van der Waals surface area contributed by atoms with Crippen molar-refractivity contribution in [1.29, 1.82) is 0 Å². The summed E-state index contributed by atoms with van der Waals surface area (Å²) < 4.78 is 10.3. The molecule has 0 aliphatic heterocycles. The van der Waals surface area contributed by atoms with Gasteiger partial charge in [-0.3, -0.25) is 0 Å². The summed E-state index contributed by atoms with van der Waals surface area (Å²) in [6.45, 7) is 2.28. The van der Waals surface area contributed by atoms with Crippen molar-refractivity contribution >= 4 is 8.46 Å². The van der Waals surface area contributed by atoms with E-state index in [0.717, 1.165) is 6.16 Å². The monoisotopic (exact) mass is 259 g/mol. The van der Waals surface area contributed by atoms with E-state index in [1.165, 1.54) is 83.5 Å². The van der Waals surface area contributed by atoms with Gasteiger partial charge in [-0.05, 0) is 12.8 Å². The van der Waals surface area contributed by atoms with E-state index < -0.39 is 0 Å². The molecular weight excluding hydrogens is 227 g/mol. The van der Waals surface area contributed by atoms with Gasteiger partial charge in [0.05, 0.1) is 0 Å². The highest BCUT2D eigenvalue weighted by molar-refractivity contribution is 7.23. The molecule has 0 rings (SSSR count). The summed E-state index contributed by atoms with van der Waals surface area (Å²) in [6.07, 6.45) is 18.9. The van der Waals surface area contributed by atoms with Gasteiger partial charge in [-0.25, -0.2) is 0 Å². The Morgan fingerprint density at radius 1 is 0.588 bits per heavy atom. The van der Waals surface area contributed by atoms with E-state index in [9.17, 15) is 4.57 Å². The van der Waals surface area contributed by atoms with Gasteiger partial charge in [0, 0.05) is 0 Å². The Bertz CT molecular complexity index is 148. The average molecular weight is 259 g/mol. The van der Waals surface area contributed by atoms with Crippen molar-refractivity contribution in [2.45, 2.75) is 90.4 Å². The Morgan fingerprint density at radius 3 is 1.29 bits per heavy atom. The fraction of sp³-hybridized carbons (Fsp3) is 1.00. The van der Waals surface area contributed by atoms with E-state index in [4.69, 9.17) is 0 Å². The molecule has 102 valence electrons. The molecule has 0 aliphatic carbocycles. The Morgan fingerprint density at radius 2 is 0.941 bits per heavy atom.